The van der Waals surface area contributed by atoms with E-state index in [1.807, 2.05) is 43.3 Å². The second-order valence-corrected chi connectivity index (χ2v) is 8.37. The molecule has 0 aliphatic carbocycles. The van der Waals surface area contributed by atoms with Crippen LogP contribution in [0.2, 0.25) is 5.02 Å². The summed E-state index contributed by atoms with van der Waals surface area (Å²) < 4.78 is 6.14. The number of nitrogens with zero attached hydrogens (tertiary/aromatic N) is 3. The molecule has 31 heavy (non-hydrogen) atoms. The van der Waals surface area contributed by atoms with Gasteiger partial charge in [-0.2, -0.15) is 0 Å². The number of carbonyl (C=O) groups excluding carboxylic acids is 1. The predicted molar refractivity (Wildman–Crippen MR) is 124 cm³/mol. The summed E-state index contributed by atoms with van der Waals surface area (Å²) in [4.78, 5) is 24.6. The first-order valence-corrected chi connectivity index (χ1v) is 11.0. The Morgan fingerprint density at radius 2 is 1.84 bits per heavy atom. The van der Waals surface area contributed by atoms with Crippen molar-refractivity contribution in [1.82, 2.24) is 9.97 Å². The fourth-order valence-electron chi connectivity index (χ4n) is 4.03. The highest BCUT2D eigenvalue weighted by molar-refractivity contribution is 6.31. The zero-order chi connectivity index (χ0) is 21.4. The third-order valence-electron chi connectivity index (χ3n) is 5.74. The van der Waals surface area contributed by atoms with Gasteiger partial charge in [-0.05, 0) is 49.6 Å². The summed E-state index contributed by atoms with van der Waals surface area (Å²) in [5, 5.41) is 4.35. The van der Waals surface area contributed by atoms with Gasteiger partial charge in [0.05, 0.1) is 0 Å². The summed E-state index contributed by atoms with van der Waals surface area (Å²) in [6, 6.07) is 13.2. The summed E-state index contributed by atoms with van der Waals surface area (Å²) in [6.07, 6.45) is 4.59. The normalized spacial score (nSPS) is 14.7. The number of furan rings is 1. The second-order valence-electron chi connectivity index (χ2n) is 7.97. The van der Waals surface area contributed by atoms with Crippen LogP contribution in [0.5, 0.6) is 0 Å². The molecule has 1 amide bonds. The van der Waals surface area contributed by atoms with Crippen molar-refractivity contribution in [2.75, 3.05) is 23.3 Å². The largest absolute Gasteiger partial charge is 0.450 e. The van der Waals surface area contributed by atoms with Gasteiger partial charge in [-0.1, -0.05) is 42.6 Å². The molecule has 0 radical (unpaired) electrons. The lowest BCUT2D eigenvalue weighted by molar-refractivity contribution is 0.101. The molecule has 6 nitrogen and oxygen atoms in total. The van der Waals surface area contributed by atoms with E-state index in [-0.39, 0.29) is 11.7 Å². The van der Waals surface area contributed by atoms with Gasteiger partial charge < -0.3 is 14.6 Å². The van der Waals surface area contributed by atoms with E-state index in [2.05, 4.69) is 20.2 Å². The number of benzene rings is 2. The lowest BCUT2D eigenvalue weighted by Crippen LogP contribution is -2.26. The molecule has 2 aromatic heterocycles. The quantitative estimate of drug-likeness (QED) is 0.430. The van der Waals surface area contributed by atoms with E-state index >= 15 is 0 Å². The smallest absolute Gasteiger partial charge is 0.293 e. The number of fused-ring (bicyclic) bond motifs is 3. The molecular weight excluding hydrogens is 412 g/mol. The van der Waals surface area contributed by atoms with Crippen molar-refractivity contribution in [3.05, 3.63) is 58.9 Å². The van der Waals surface area contributed by atoms with E-state index in [0.29, 0.717) is 27.6 Å². The van der Waals surface area contributed by atoms with Gasteiger partial charge in [0.15, 0.2) is 11.4 Å². The number of hydrogen-bond acceptors (Lipinski definition) is 5. The highest BCUT2D eigenvalue weighted by Gasteiger charge is 2.23. The molecule has 1 N–H and O–H groups in total. The number of anilines is 2. The number of aryl methyl sites for hydroxylation is 1. The lowest BCUT2D eigenvalue weighted by atomic mass is 10.2. The molecule has 3 heterocycles. The third kappa shape index (κ3) is 3.83. The van der Waals surface area contributed by atoms with Crippen LogP contribution in [0.3, 0.4) is 0 Å². The van der Waals surface area contributed by atoms with Crippen molar-refractivity contribution in [1.29, 1.82) is 0 Å². The molecule has 4 aromatic rings. The first kappa shape index (κ1) is 19.8. The van der Waals surface area contributed by atoms with Crippen molar-refractivity contribution >= 4 is 51.1 Å². The van der Waals surface area contributed by atoms with Crippen LogP contribution in [0.25, 0.3) is 22.1 Å². The van der Waals surface area contributed by atoms with Gasteiger partial charge in [0.25, 0.3) is 5.91 Å². The summed E-state index contributed by atoms with van der Waals surface area (Å²) in [5.74, 6) is 0.438. The standard InChI is InChI=1S/C24H23ClN4O2/c1-15-10-11-16(14-18(15)25)26-24(30)22-27-20-17-8-4-5-9-19(17)31-21(20)23(28-22)29-12-6-2-3-7-13-29/h4-5,8-11,14H,2-3,6-7,12-13H2,1H3,(H,26,30). The van der Waals surface area contributed by atoms with Gasteiger partial charge in [0.1, 0.15) is 11.1 Å². The third-order valence-corrected chi connectivity index (χ3v) is 6.15. The molecule has 0 spiro atoms. The number of amides is 1. The maximum absolute atomic E-state index is 13.1. The van der Waals surface area contributed by atoms with Crippen LogP contribution < -0.4 is 10.2 Å². The van der Waals surface area contributed by atoms with Gasteiger partial charge in [-0.25, -0.2) is 9.97 Å². The molecular formula is C24H23ClN4O2. The maximum atomic E-state index is 13.1. The van der Waals surface area contributed by atoms with Crippen LogP contribution in [0, 0.1) is 6.92 Å². The molecule has 7 heteroatoms. The Morgan fingerprint density at radius 3 is 2.61 bits per heavy atom. The Hall–Kier alpha value is -3.12. The van der Waals surface area contributed by atoms with Crippen LogP contribution in [0.4, 0.5) is 11.5 Å². The Bertz CT molecular complexity index is 1280. The van der Waals surface area contributed by atoms with E-state index < -0.39 is 0 Å². The average molecular weight is 435 g/mol. The summed E-state index contributed by atoms with van der Waals surface area (Å²) >= 11 is 6.21. The molecule has 0 saturated carbocycles. The molecule has 2 aromatic carbocycles. The minimum Gasteiger partial charge on any atom is -0.450 e. The number of hydrogen-bond donors (Lipinski definition) is 1. The Kier molecular flexibility index (Phi) is 5.24. The van der Waals surface area contributed by atoms with E-state index in [4.69, 9.17) is 16.0 Å². The fraction of sp³-hybridized carbons (Fsp3) is 0.292. The minimum atomic E-state index is -0.372. The van der Waals surface area contributed by atoms with Crippen LogP contribution in [-0.2, 0) is 0 Å². The van der Waals surface area contributed by atoms with Crippen molar-refractivity contribution in [2.24, 2.45) is 0 Å². The molecule has 0 bridgehead atoms. The van der Waals surface area contributed by atoms with Crippen LogP contribution in [0.1, 0.15) is 41.9 Å². The fourth-order valence-corrected chi connectivity index (χ4v) is 4.21. The molecule has 0 atom stereocenters. The number of para-hydroxylation sites is 1. The van der Waals surface area contributed by atoms with Gasteiger partial charge in [0.2, 0.25) is 5.82 Å². The minimum absolute atomic E-state index is 0.120. The van der Waals surface area contributed by atoms with Gasteiger partial charge in [-0.15, -0.1) is 0 Å². The Balaban J connectivity index is 1.61. The average Bonchev–Trinajstić information content (AvgIpc) is 2.94. The van der Waals surface area contributed by atoms with E-state index in [0.717, 1.165) is 42.5 Å². The van der Waals surface area contributed by atoms with E-state index in [1.54, 1.807) is 6.07 Å². The molecule has 1 fully saturated rings. The zero-order valence-electron chi connectivity index (χ0n) is 17.3. The van der Waals surface area contributed by atoms with E-state index in [1.165, 1.54) is 12.8 Å². The SMILES string of the molecule is Cc1ccc(NC(=O)c2nc(N3CCCCCC3)c3oc4ccccc4c3n2)cc1Cl. The monoisotopic (exact) mass is 434 g/mol. The highest BCUT2D eigenvalue weighted by atomic mass is 35.5. The second kappa shape index (κ2) is 8.19. The molecule has 0 unspecified atom stereocenters. The summed E-state index contributed by atoms with van der Waals surface area (Å²) in [7, 11) is 0. The predicted octanol–water partition coefficient (Wildman–Crippen LogP) is 5.97. The van der Waals surface area contributed by atoms with Crippen molar-refractivity contribution in [2.45, 2.75) is 32.6 Å². The molecule has 1 aliphatic rings. The number of nitrogens with one attached hydrogen (secondary N) is 1. The molecule has 1 saturated heterocycles. The Morgan fingerprint density at radius 1 is 1.06 bits per heavy atom. The highest BCUT2D eigenvalue weighted by Crippen LogP contribution is 2.34. The van der Waals surface area contributed by atoms with Gasteiger partial charge in [0, 0.05) is 29.2 Å². The first-order valence-electron chi connectivity index (χ1n) is 10.6. The topological polar surface area (TPSA) is 71.3 Å². The first-order chi connectivity index (χ1) is 15.1. The lowest BCUT2D eigenvalue weighted by Gasteiger charge is -2.21. The van der Waals surface area contributed by atoms with Gasteiger partial charge >= 0.3 is 0 Å². The van der Waals surface area contributed by atoms with Crippen molar-refractivity contribution in [3.63, 3.8) is 0 Å². The van der Waals surface area contributed by atoms with E-state index in [9.17, 15) is 4.79 Å². The number of rotatable bonds is 3. The van der Waals surface area contributed by atoms with Gasteiger partial charge in [-0.3, -0.25) is 4.79 Å². The van der Waals surface area contributed by atoms with Crippen LogP contribution >= 0.6 is 11.6 Å². The van der Waals surface area contributed by atoms with Crippen LogP contribution in [0.15, 0.2) is 46.9 Å². The van der Waals surface area contributed by atoms with Crippen molar-refractivity contribution in [3.8, 4) is 0 Å². The van der Waals surface area contributed by atoms with Crippen LogP contribution in [-0.4, -0.2) is 29.0 Å². The number of carbonyl (C=O) groups is 1. The summed E-state index contributed by atoms with van der Waals surface area (Å²) in [5.41, 5.74) is 3.60. The molecule has 5 rings (SSSR count). The Labute approximate surface area is 185 Å². The molecule has 158 valence electrons. The van der Waals surface area contributed by atoms with Crippen molar-refractivity contribution < 1.29 is 9.21 Å². The maximum Gasteiger partial charge on any atom is 0.293 e. The summed E-state index contributed by atoms with van der Waals surface area (Å²) in [6.45, 7) is 3.69. The number of aromatic nitrogens is 2. The number of halogens is 1. The zero-order valence-corrected chi connectivity index (χ0v) is 18.1. The molecule has 1 aliphatic heterocycles.